The van der Waals surface area contributed by atoms with Crippen molar-refractivity contribution in [1.29, 1.82) is 0 Å². The number of fused-ring (bicyclic) bond motifs is 1. The lowest BCUT2D eigenvalue weighted by Crippen LogP contribution is -2.12. The Bertz CT molecular complexity index is 1290. The lowest BCUT2D eigenvalue weighted by atomic mass is 10.1. The van der Waals surface area contributed by atoms with Gasteiger partial charge in [0.25, 0.3) is 5.91 Å². The molecule has 0 spiro atoms. The first-order valence-corrected chi connectivity index (χ1v) is 10.2. The molecule has 4 aromatic rings. The molecule has 0 aliphatic carbocycles. The number of hydrogen-bond acceptors (Lipinski definition) is 6. The van der Waals surface area contributed by atoms with E-state index in [0.717, 1.165) is 0 Å². The third-order valence-electron chi connectivity index (χ3n) is 4.74. The fourth-order valence-corrected chi connectivity index (χ4v) is 3.47. The molecule has 0 saturated heterocycles. The average Bonchev–Trinajstić information content (AvgIpc) is 3.23. The molecule has 9 heteroatoms. The van der Waals surface area contributed by atoms with E-state index in [9.17, 15) is 4.79 Å². The van der Waals surface area contributed by atoms with Gasteiger partial charge < -0.3 is 23.9 Å². The summed E-state index contributed by atoms with van der Waals surface area (Å²) in [4.78, 5) is 17.3. The molecular weight excluding hydrogens is 455 g/mol. The van der Waals surface area contributed by atoms with Crippen molar-refractivity contribution in [1.82, 2.24) is 4.98 Å². The zero-order chi connectivity index (χ0) is 22.8. The van der Waals surface area contributed by atoms with Crippen molar-refractivity contribution in [3.05, 3.63) is 64.1 Å². The number of methoxy groups -OCH3 is 3. The van der Waals surface area contributed by atoms with Crippen molar-refractivity contribution in [3.8, 4) is 28.7 Å². The topological polar surface area (TPSA) is 82.8 Å². The van der Waals surface area contributed by atoms with Crippen LogP contribution in [0.5, 0.6) is 17.2 Å². The number of halogens is 2. The summed E-state index contributed by atoms with van der Waals surface area (Å²) < 4.78 is 21.7. The van der Waals surface area contributed by atoms with E-state index in [1.54, 1.807) is 48.5 Å². The minimum absolute atomic E-state index is 0.344. The van der Waals surface area contributed by atoms with E-state index in [4.69, 9.17) is 41.8 Å². The Morgan fingerprint density at radius 1 is 0.906 bits per heavy atom. The van der Waals surface area contributed by atoms with Gasteiger partial charge in [0.1, 0.15) is 5.52 Å². The van der Waals surface area contributed by atoms with Gasteiger partial charge >= 0.3 is 0 Å². The molecule has 1 heterocycles. The predicted octanol–water partition coefficient (Wildman–Crippen LogP) is 6.08. The Labute approximate surface area is 193 Å². The molecular formula is C23H18Cl2N2O5. The second kappa shape index (κ2) is 8.98. The number of nitrogens with one attached hydrogen (secondary N) is 1. The van der Waals surface area contributed by atoms with Gasteiger partial charge in [-0.25, -0.2) is 4.98 Å². The number of oxazole rings is 1. The van der Waals surface area contributed by atoms with Gasteiger partial charge in [0.05, 0.1) is 31.4 Å². The molecule has 0 unspecified atom stereocenters. The number of carbonyl (C=O) groups excluding carboxylic acids is 1. The molecule has 4 rings (SSSR count). The molecule has 164 valence electrons. The van der Waals surface area contributed by atoms with Gasteiger partial charge in [0, 0.05) is 16.8 Å². The van der Waals surface area contributed by atoms with Crippen molar-refractivity contribution in [2.45, 2.75) is 0 Å². The maximum atomic E-state index is 12.8. The third-order valence-corrected chi connectivity index (χ3v) is 5.48. The third kappa shape index (κ3) is 4.17. The number of anilines is 1. The highest BCUT2D eigenvalue weighted by Crippen LogP contribution is 2.38. The van der Waals surface area contributed by atoms with Crippen molar-refractivity contribution >= 4 is 45.9 Å². The molecule has 0 fully saturated rings. The van der Waals surface area contributed by atoms with Gasteiger partial charge in [-0.3, -0.25) is 4.79 Å². The zero-order valence-corrected chi connectivity index (χ0v) is 18.9. The molecule has 1 amide bonds. The van der Waals surface area contributed by atoms with Gasteiger partial charge in [-0.1, -0.05) is 23.2 Å². The fourth-order valence-electron chi connectivity index (χ4n) is 3.17. The highest BCUT2D eigenvalue weighted by Gasteiger charge is 2.18. The summed E-state index contributed by atoms with van der Waals surface area (Å²) in [7, 11) is 4.48. The van der Waals surface area contributed by atoms with Crippen LogP contribution in [0.25, 0.3) is 22.6 Å². The van der Waals surface area contributed by atoms with Gasteiger partial charge in [-0.2, -0.15) is 0 Å². The summed E-state index contributed by atoms with van der Waals surface area (Å²) in [6.45, 7) is 0. The Kier molecular flexibility index (Phi) is 6.12. The van der Waals surface area contributed by atoms with Crippen molar-refractivity contribution in [2.75, 3.05) is 26.6 Å². The first-order chi connectivity index (χ1) is 15.4. The smallest absolute Gasteiger partial charge is 0.255 e. The molecule has 32 heavy (non-hydrogen) atoms. The maximum absolute atomic E-state index is 12.8. The summed E-state index contributed by atoms with van der Waals surface area (Å²) >= 11 is 12.1. The van der Waals surface area contributed by atoms with Crippen LogP contribution in [0.4, 0.5) is 5.69 Å². The molecule has 7 nitrogen and oxygen atoms in total. The van der Waals surface area contributed by atoms with E-state index < -0.39 is 0 Å². The SMILES string of the molecule is COc1cc(C(=O)Nc2ccc3oc(-c4ccc(Cl)c(Cl)c4)nc3c2)cc(OC)c1OC. The van der Waals surface area contributed by atoms with Crippen LogP contribution < -0.4 is 19.5 Å². The second-order valence-electron chi connectivity index (χ2n) is 6.70. The van der Waals surface area contributed by atoms with Crippen LogP contribution in [-0.4, -0.2) is 32.2 Å². The van der Waals surface area contributed by atoms with Crippen LogP contribution in [-0.2, 0) is 0 Å². The van der Waals surface area contributed by atoms with E-state index in [2.05, 4.69) is 10.3 Å². The summed E-state index contributed by atoms with van der Waals surface area (Å²) in [6, 6.07) is 13.5. The van der Waals surface area contributed by atoms with Crippen LogP contribution >= 0.6 is 23.2 Å². The molecule has 1 aromatic heterocycles. The molecule has 0 radical (unpaired) electrons. The van der Waals surface area contributed by atoms with Crippen LogP contribution in [0.3, 0.4) is 0 Å². The monoisotopic (exact) mass is 472 g/mol. The van der Waals surface area contributed by atoms with Crippen LogP contribution in [0.15, 0.2) is 52.9 Å². The normalized spacial score (nSPS) is 10.8. The molecule has 0 atom stereocenters. The van der Waals surface area contributed by atoms with Crippen molar-refractivity contribution < 1.29 is 23.4 Å². The van der Waals surface area contributed by atoms with E-state index in [1.165, 1.54) is 21.3 Å². The van der Waals surface area contributed by atoms with Gasteiger partial charge in [0.2, 0.25) is 11.6 Å². The summed E-state index contributed by atoms with van der Waals surface area (Å²) in [5.41, 5.74) is 2.73. The van der Waals surface area contributed by atoms with E-state index in [0.29, 0.717) is 61.1 Å². The summed E-state index contributed by atoms with van der Waals surface area (Å²) in [6.07, 6.45) is 0. The molecule has 0 saturated carbocycles. The van der Waals surface area contributed by atoms with E-state index in [-0.39, 0.29) is 5.91 Å². The zero-order valence-electron chi connectivity index (χ0n) is 17.4. The highest BCUT2D eigenvalue weighted by atomic mass is 35.5. The molecule has 1 N–H and O–H groups in total. The largest absolute Gasteiger partial charge is 0.493 e. The standard InChI is InChI=1S/C23H18Cl2N2O5/c1-29-19-9-13(10-20(30-2)21(19)31-3)22(28)26-14-5-7-18-17(11-14)27-23(32-18)12-4-6-15(24)16(25)8-12/h4-11H,1-3H3,(H,26,28). The number of amides is 1. The minimum atomic E-state index is -0.350. The first-order valence-electron chi connectivity index (χ1n) is 9.41. The average molecular weight is 473 g/mol. The number of aromatic nitrogens is 1. The molecule has 0 aliphatic rings. The summed E-state index contributed by atoms with van der Waals surface area (Å²) in [5.74, 6) is 1.22. The Morgan fingerprint density at radius 2 is 1.62 bits per heavy atom. The highest BCUT2D eigenvalue weighted by molar-refractivity contribution is 6.42. The van der Waals surface area contributed by atoms with E-state index in [1.807, 2.05) is 0 Å². The maximum Gasteiger partial charge on any atom is 0.255 e. The Hall–Kier alpha value is -3.42. The van der Waals surface area contributed by atoms with Gasteiger partial charge in [0.15, 0.2) is 17.1 Å². The van der Waals surface area contributed by atoms with E-state index >= 15 is 0 Å². The Morgan fingerprint density at radius 3 is 2.25 bits per heavy atom. The number of benzene rings is 3. The van der Waals surface area contributed by atoms with Crippen molar-refractivity contribution in [2.24, 2.45) is 0 Å². The molecule has 0 aliphatic heterocycles. The van der Waals surface area contributed by atoms with Gasteiger partial charge in [-0.15, -0.1) is 0 Å². The number of carbonyl (C=O) groups is 1. The summed E-state index contributed by atoms with van der Waals surface area (Å²) in [5, 5.41) is 3.70. The number of nitrogens with zero attached hydrogens (tertiary/aromatic N) is 1. The Balaban J connectivity index is 1.62. The van der Waals surface area contributed by atoms with Crippen LogP contribution in [0.2, 0.25) is 10.0 Å². The number of hydrogen-bond donors (Lipinski definition) is 1. The number of ether oxygens (including phenoxy) is 3. The minimum Gasteiger partial charge on any atom is -0.493 e. The van der Waals surface area contributed by atoms with Crippen LogP contribution in [0, 0.1) is 0 Å². The quantitative estimate of drug-likeness (QED) is 0.366. The lowest BCUT2D eigenvalue weighted by Gasteiger charge is -2.14. The van der Waals surface area contributed by atoms with Crippen molar-refractivity contribution in [3.63, 3.8) is 0 Å². The van der Waals surface area contributed by atoms with Gasteiger partial charge in [-0.05, 0) is 48.5 Å². The molecule has 3 aromatic carbocycles. The fraction of sp³-hybridized carbons (Fsp3) is 0.130. The molecule has 0 bridgehead atoms. The number of rotatable bonds is 6. The lowest BCUT2D eigenvalue weighted by molar-refractivity contribution is 0.102. The first kappa shape index (κ1) is 21.8. The van der Waals surface area contributed by atoms with Crippen LogP contribution in [0.1, 0.15) is 10.4 Å². The predicted molar refractivity (Wildman–Crippen MR) is 124 cm³/mol. The second-order valence-corrected chi connectivity index (χ2v) is 7.51.